The van der Waals surface area contributed by atoms with Gasteiger partial charge in [-0.05, 0) is 55.0 Å². The summed E-state index contributed by atoms with van der Waals surface area (Å²) in [5.74, 6) is -0.955. The van der Waals surface area contributed by atoms with Gasteiger partial charge in [-0.2, -0.15) is 0 Å². The van der Waals surface area contributed by atoms with Gasteiger partial charge in [0.05, 0.1) is 10.7 Å². The van der Waals surface area contributed by atoms with Crippen LogP contribution in [0.5, 0.6) is 0 Å². The van der Waals surface area contributed by atoms with Gasteiger partial charge in [0, 0.05) is 5.56 Å². The van der Waals surface area contributed by atoms with Crippen molar-refractivity contribution in [2.45, 2.75) is 20.8 Å². The third kappa shape index (κ3) is 4.61. The molecule has 0 aliphatic carbocycles. The van der Waals surface area contributed by atoms with Crippen LogP contribution < -0.4 is 5.32 Å². The number of ether oxygens (including phenoxy) is 1. The zero-order valence-corrected chi connectivity index (χ0v) is 17.4. The minimum atomic E-state index is -0.521. The SMILES string of the molecule is Cc1ccc(-c2ccsc2C(=O)OCC(=O)Nc2c(C)cc(C)cc2Cl)cc1. The molecule has 3 rings (SSSR count). The quantitative estimate of drug-likeness (QED) is 0.538. The Balaban J connectivity index is 1.66. The first kappa shape index (κ1) is 20.1. The molecule has 2 aromatic carbocycles. The molecule has 0 saturated heterocycles. The van der Waals surface area contributed by atoms with Crippen molar-refractivity contribution in [2.24, 2.45) is 0 Å². The van der Waals surface area contributed by atoms with Crippen LogP contribution in [0.1, 0.15) is 26.4 Å². The second-order valence-electron chi connectivity index (χ2n) is 6.59. The summed E-state index contributed by atoms with van der Waals surface area (Å²) >= 11 is 7.49. The third-order valence-corrected chi connectivity index (χ3v) is 5.44. The lowest BCUT2D eigenvalue weighted by Crippen LogP contribution is -2.21. The van der Waals surface area contributed by atoms with Gasteiger partial charge in [-0.3, -0.25) is 4.79 Å². The average Bonchev–Trinajstić information content (AvgIpc) is 3.13. The Morgan fingerprint density at radius 3 is 2.43 bits per heavy atom. The van der Waals surface area contributed by atoms with Crippen molar-refractivity contribution >= 4 is 40.5 Å². The van der Waals surface area contributed by atoms with Crippen LogP contribution in [0.3, 0.4) is 0 Å². The fourth-order valence-electron chi connectivity index (χ4n) is 2.87. The first-order valence-electron chi connectivity index (χ1n) is 8.73. The molecule has 1 N–H and O–H groups in total. The first-order chi connectivity index (χ1) is 13.3. The van der Waals surface area contributed by atoms with Crippen LogP contribution in [0.15, 0.2) is 47.8 Å². The van der Waals surface area contributed by atoms with Gasteiger partial charge in [0.2, 0.25) is 0 Å². The highest BCUT2D eigenvalue weighted by Crippen LogP contribution is 2.30. The van der Waals surface area contributed by atoms with Crippen molar-refractivity contribution in [3.8, 4) is 11.1 Å². The molecule has 0 spiro atoms. The van der Waals surface area contributed by atoms with Crippen molar-refractivity contribution in [1.29, 1.82) is 0 Å². The van der Waals surface area contributed by atoms with Gasteiger partial charge in [0.15, 0.2) is 6.61 Å². The molecule has 144 valence electrons. The summed E-state index contributed by atoms with van der Waals surface area (Å²) in [6, 6.07) is 13.5. The second-order valence-corrected chi connectivity index (χ2v) is 7.92. The molecule has 4 nitrogen and oxygen atoms in total. The molecular weight excluding hydrogens is 394 g/mol. The lowest BCUT2D eigenvalue weighted by atomic mass is 10.1. The number of amides is 1. The molecule has 0 fully saturated rings. The van der Waals surface area contributed by atoms with Crippen LogP contribution >= 0.6 is 22.9 Å². The van der Waals surface area contributed by atoms with Gasteiger partial charge in [-0.1, -0.05) is 47.5 Å². The molecule has 1 aromatic heterocycles. The van der Waals surface area contributed by atoms with Crippen LogP contribution in [0, 0.1) is 20.8 Å². The molecule has 28 heavy (non-hydrogen) atoms. The van der Waals surface area contributed by atoms with E-state index in [9.17, 15) is 9.59 Å². The summed E-state index contributed by atoms with van der Waals surface area (Å²) in [6.45, 7) is 5.42. The molecule has 0 unspecified atom stereocenters. The Hall–Kier alpha value is -2.63. The summed E-state index contributed by atoms with van der Waals surface area (Å²) in [4.78, 5) is 25.2. The molecular formula is C22H20ClNO3S. The van der Waals surface area contributed by atoms with Gasteiger partial charge >= 0.3 is 5.97 Å². The van der Waals surface area contributed by atoms with Gasteiger partial charge in [-0.15, -0.1) is 11.3 Å². The molecule has 0 bridgehead atoms. The normalized spacial score (nSPS) is 10.6. The van der Waals surface area contributed by atoms with E-state index in [-0.39, 0.29) is 6.61 Å². The number of esters is 1. The van der Waals surface area contributed by atoms with E-state index in [0.717, 1.165) is 27.8 Å². The molecule has 0 saturated carbocycles. The van der Waals surface area contributed by atoms with Crippen LogP contribution in [-0.2, 0) is 9.53 Å². The summed E-state index contributed by atoms with van der Waals surface area (Å²) < 4.78 is 5.23. The van der Waals surface area contributed by atoms with Crippen LogP contribution in [0.4, 0.5) is 5.69 Å². The fraction of sp³-hybridized carbons (Fsp3) is 0.182. The Morgan fingerprint density at radius 2 is 1.75 bits per heavy atom. The van der Waals surface area contributed by atoms with E-state index in [1.54, 1.807) is 6.07 Å². The second kappa shape index (κ2) is 8.59. The number of benzene rings is 2. The predicted octanol–water partition coefficient (Wildman–Crippen LogP) is 5.79. The monoisotopic (exact) mass is 413 g/mol. The van der Waals surface area contributed by atoms with Crippen LogP contribution in [-0.4, -0.2) is 18.5 Å². The van der Waals surface area contributed by atoms with E-state index in [0.29, 0.717) is 15.6 Å². The number of hydrogen-bond donors (Lipinski definition) is 1. The van der Waals surface area contributed by atoms with Gasteiger partial charge in [0.1, 0.15) is 4.88 Å². The number of nitrogens with one attached hydrogen (secondary N) is 1. The summed E-state index contributed by atoms with van der Waals surface area (Å²) in [5.41, 5.74) is 5.27. The first-order valence-corrected chi connectivity index (χ1v) is 9.99. The topological polar surface area (TPSA) is 55.4 Å². The number of anilines is 1. The number of carbonyl (C=O) groups is 2. The van der Waals surface area contributed by atoms with E-state index < -0.39 is 11.9 Å². The van der Waals surface area contributed by atoms with Gasteiger partial charge in [-0.25, -0.2) is 4.79 Å². The van der Waals surface area contributed by atoms with E-state index >= 15 is 0 Å². The van der Waals surface area contributed by atoms with Crippen LogP contribution in [0.25, 0.3) is 11.1 Å². The number of hydrogen-bond acceptors (Lipinski definition) is 4. The van der Waals surface area contributed by atoms with Crippen molar-refractivity contribution in [3.63, 3.8) is 0 Å². The standard InChI is InChI=1S/C22H20ClNO3S/c1-13-4-6-16(7-5-13)17-8-9-28-21(17)22(26)27-12-19(25)24-20-15(3)10-14(2)11-18(20)23/h4-11H,12H2,1-3H3,(H,24,25). The maximum Gasteiger partial charge on any atom is 0.349 e. The molecule has 0 atom stereocenters. The van der Waals surface area contributed by atoms with Crippen molar-refractivity contribution in [2.75, 3.05) is 11.9 Å². The molecule has 1 heterocycles. The van der Waals surface area contributed by atoms with Crippen LogP contribution in [0.2, 0.25) is 5.02 Å². The van der Waals surface area contributed by atoms with Gasteiger partial charge < -0.3 is 10.1 Å². The van der Waals surface area contributed by atoms with E-state index in [2.05, 4.69) is 5.32 Å². The Morgan fingerprint density at radius 1 is 1.04 bits per heavy atom. The van der Waals surface area contributed by atoms with Crippen molar-refractivity contribution < 1.29 is 14.3 Å². The smallest absolute Gasteiger partial charge is 0.349 e. The van der Waals surface area contributed by atoms with Gasteiger partial charge in [0.25, 0.3) is 5.91 Å². The minimum absolute atomic E-state index is 0.381. The highest BCUT2D eigenvalue weighted by Gasteiger charge is 2.18. The number of rotatable bonds is 5. The highest BCUT2D eigenvalue weighted by atomic mass is 35.5. The van der Waals surface area contributed by atoms with Crippen molar-refractivity contribution in [3.05, 3.63) is 74.4 Å². The highest BCUT2D eigenvalue weighted by molar-refractivity contribution is 7.12. The van der Waals surface area contributed by atoms with E-state index in [4.69, 9.17) is 16.3 Å². The zero-order chi connectivity index (χ0) is 20.3. The number of carbonyl (C=O) groups excluding carboxylic acids is 2. The lowest BCUT2D eigenvalue weighted by molar-refractivity contribution is -0.119. The molecule has 0 aliphatic rings. The predicted molar refractivity (Wildman–Crippen MR) is 114 cm³/mol. The minimum Gasteiger partial charge on any atom is -0.451 e. The lowest BCUT2D eigenvalue weighted by Gasteiger charge is -2.12. The Kier molecular flexibility index (Phi) is 6.17. The zero-order valence-electron chi connectivity index (χ0n) is 15.8. The maximum absolute atomic E-state index is 12.5. The molecule has 0 radical (unpaired) electrons. The molecule has 3 aromatic rings. The van der Waals surface area contributed by atoms with E-state index in [1.165, 1.54) is 11.3 Å². The summed E-state index contributed by atoms with van der Waals surface area (Å²) in [7, 11) is 0. The number of thiophene rings is 1. The number of aryl methyl sites for hydroxylation is 3. The average molecular weight is 414 g/mol. The third-order valence-electron chi connectivity index (χ3n) is 4.24. The number of halogens is 1. The fourth-order valence-corrected chi connectivity index (χ4v) is 4.05. The summed E-state index contributed by atoms with van der Waals surface area (Å²) in [6.07, 6.45) is 0. The molecule has 6 heteroatoms. The van der Waals surface area contributed by atoms with Crippen molar-refractivity contribution in [1.82, 2.24) is 0 Å². The maximum atomic E-state index is 12.5. The molecule has 1 amide bonds. The Bertz CT molecular complexity index is 1000. The largest absolute Gasteiger partial charge is 0.451 e. The summed E-state index contributed by atoms with van der Waals surface area (Å²) in [5, 5.41) is 5.00. The Labute approximate surface area is 173 Å². The van der Waals surface area contributed by atoms with E-state index in [1.807, 2.05) is 62.5 Å². The molecule has 0 aliphatic heterocycles.